The molecule has 7 heteroatoms. The van der Waals surface area contributed by atoms with E-state index in [9.17, 15) is 4.79 Å². The lowest BCUT2D eigenvalue weighted by Gasteiger charge is -2.04. The van der Waals surface area contributed by atoms with Crippen LogP contribution in [0.4, 0.5) is 11.5 Å². The van der Waals surface area contributed by atoms with Gasteiger partial charge in [-0.25, -0.2) is 4.98 Å². The van der Waals surface area contributed by atoms with Crippen LogP contribution in [0, 0.1) is 0 Å². The maximum atomic E-state index is 12.1. The van der Waals surface area contributed by atoms with E-state index in [-0.39, 0.29) is 5.91 Å². The summed E-state index contributed by atoms with van der Waals surface area (Å²) < 4.78 is 2.48. The van der Waals surface area contributed by atoms with Crippen molar-refractivity contribution in [1.82, 2.24) is 14.8 Å². The van der Waals surface area contributed by atoms with Gasteiger partial charge in [-0.15, -0.1) is 11.3 Å². The molecule has 0 saturated carbocycles. The monoisotopic (exact) mass is 273 g/mol. The molecule has 2 aromatic heterocycles. The fourth-order valence-corrected chi connectivity index (χ4v) is 2.47. The van der Waals surface area contributed by atoms with Gasteiger partial charge in [0, 0.05) is 12.7 Å². The second kappa shape index (κ2) is 4.36. The van der Waals surface area contributed by atoms with Gasteiger partial charge < -0.3 is 11.1 Å². The van der Waals surface area contributed by atoms with E-state index in [1.165, 1.54) is 22.2 Å². The molecule has 3 aromatic rings. The van der Waals surface area contributed by atoms with E-state index in [4.69, 9.17) is 5.73 Å². The normalized spacial score (nSPS) is 10.8. The number of nitrogen functional groups attached to an aromatic ring is 1. The fraction of sp³-hybridized carbons (Fsp3) is 0.0833. The van der Waals surface area contributed by atoms with Crippen LogP contribution in [0.5, 0.6) is 0 Å². The Bertz CT molecular complexity index is 760. The van der Waals surface area contributed by atoms with E-state index < -0.39 is 0 Å². The van der Waals surface area contributed by atoms with Crippen molar-refractivity contribution in [2.24, 2.45) is 7.05 Å². The van der Waals surface area contributed by atoms with Crippen molar-refractivity contribution in [2.45, 2.75) is 0 Å². The first-order valence-electron chi connectivity index (χ1n) is 5.57. The van der Waals surface area contributed by atoms with Crippen LogP contribution in [-0.4, -0.2) is 20.7 Å². The first kappa shape index (κ1) is 11.7. The number of nitrogens with two attached hydrogens (primary N) is 1. The molecular formula is C12H11N5OS. The van der Waals surface area contributed by atoms with Crippen LogP contribution in [-0.2, 0) is 7.05 Å². The molecular weight excluding hydrogens is 262 g/mol. The Labute approximate surface area is 112 Å². The number of hydrogen-bond donors (Lipinski definition) is 2. The third-order valence-electron chi connectivity index (χ3n) is 2.82. The third-order valence-corrected chi connectivity index (χ3v) is 3.61. The molecule has 0 atom stereocenters. The van der Waals surface area contributed by atoms with Gasteiger partial charge in [0.15, 0.2) is 0 Å². The zero-order valence-corrected chi connectivity index (χ0v) is 10.9. The molecule has 0 radical (unpaired) electrons. The third kappa shape index (κ3) is 2.04. The molecule has 0 saturated heterocycles. The smallest absolute Gasteiger partial charge is 0.261 e. The zero-order valence-electron chi connectivity index (χ0n) is 10.1. The highest BCUT2D eigenvalue weighted by atomic mass is 32.1. The number of anilines is 2. The van der Waals surface area contributed by atoms with E-state index in [0.29, 0.717) is 17.1 Å². The summed E-state index contributed by atoms with van der Waals surface area (Å²) in [7, 11) is 1.69. The maximum absolute atomic E-state index is 12.1. The molecule has 0 aliphatic rings. The van der Waals surface area contributed by atoms with Crippen molar-refractivity contribution >= 4 is 39.0 Å². The second-order valence-corrected chi connectivity index (χ2v) is 4.94. The highest BCUT2D eigenvalue weighted by Crippen LogP contribution is 2.22. The van der Waals surface area contributed by atoms with Crippen molar-refractivity contribution in [2.75, 3.05) is 11.1 Å². The minimum atomic E-state index is -0.269. The first-order valence-corrected chi connectivity index (χ1v) is 6.45. The van der Waals surface area contributed by atoms with E-state index in [1.807, 2.05) is 18.2 Å². The van der Waals surface area contributed by atoms with Gasteiger partial charge >= 0.3 is 0 Å². The highest BCUT2D eigenvalue weighted by molar-refractivity contribution is 7.16. The Kier molecular flexibility index (Phi) is 2.68. The standard InChI is InChI=1S/C12H11N5OS/c1-17-11(13)8(5-15-17)12(18)16-7-2-3-9-10(4-7)19-6-14-9/h2-6H,13H2,1H3,(H,16,18). The van der Waals surface area contributed by atoms with Gasteiger partial charge in [-0.2, -0.15) is 5.10 Å². The molecule has 1 amide bonds. The molecule has 96 valence electrons. The second-order valence-electron chi connectivity index (χ2n) is 4.06. The number of fused-ring (bicyclic) bond motifs is 1. The van der Waals surface area contributed by atoms with E-state index in [0.717, 1.165) is 10.2 Å². The number of thiazole rings is 1. The molecule has 6 nitrogen and oxygen atoms in total. The number of hydrogen-bond acceptors (Lipinski definition) is 5. The lowest BCUT2D eigenvalue weighted by atomic mass is 10.2. The molecule has 0 fully saturated rings. The summed E-state index contributed by atoms with van der Waals surface area (Å²) in [5, 5.41) is 6.74. The number of nitrogens with one attached hydrogen (secondary N) is 1. The molecule has 3 rings (SSSR count). The first-order chi connectivity index (χ1) is 9.15. The van der Waals surface area contributed by atoms with Gasteiger partial charge in [-0.1, -0.05) is 0 Å². The Hall–Kier alpha value is -2.41. The van der Waals surface area contributed by atoms with Gasteiger partial charge in [0.2, 0.25) is 0 Å². The molecule has 0 aliphatic heterocycles. The number of rotatable bonds is 2. The van der Waals surface area contributed by atoms with Gasteiger partial charge in [0.1, 0.15) is 11.4 Å². The average Bonchev–Trinajstić information content (AvgIpc) is 2.97. The number of aryl methyl sites for hydroxylation is 1. The average molecular weight is 273 g/mol. The van der Waals surface area contributed by atoms with Crippen LogP contribution in [0.1, 0.15) is 10.4 Å². The van der Waals surface area contributed by atoms with Crippen molar-refractivity contribution < 1.29 is 4.79 Å². The van der Waals surface area contributed by atoms with Crippen molar-refractivity contribution in [1.29, 1.82) is 0 Å². The Morgan fingerprint density at radius 1 is 1.47 bits per heavy atom. The molecule has 2 heterocycles. The van der Waals surface area contributed by atoms with Crippen LogP contribution >= 0.6 is 11.3 Å². The Balaban J connectivity index is 1.88. The predicted octanol–water partition coefficient (Wildman–Crippen LogP) is 1.86. The van der Waals surface area contributed by atoms with Gasteiger partial charge in [0.05, 0.1) is 21.9 Å². The number of benzene rings is 1. The SMILES string of the molecule is Cn1ncc(C(=O)Nc2ccc3ncsc3c2)c1N. The van der Waals surface area contributed by atoms with Gasteiger partial charge in [0.25, 0.3) is 5.91 Å². The lowest BCUT2D eigenvalue weighted by molar-refractivity contribution is 0.102. The molecule has 0 aliphatic carbocycles. The molecule has 1 aromatic carbocycles. The number of carbonyl (C=O) groups excluding carboxylic acids is 1. The summed E-state index contributed by atoms with van der Waals surface area (Å²) in [5.74, 6) is 0.0748. The van der Waals surface area contributed by atoms with E-state index in [1.54, 1.807) is 12.6 Å². The summed E-state index contributed by atoms with van der Waals surface area (Å²) >= 11 is 1.53. The topological polar surface area (TPSA) is 85.8 Å². The van der Waals surface area contributed by atoms with Crippen LogP contribution in [0.15, 0.2) is 29.9 Å². The number of nitrogens with zero attached hydrogens (tertiary/aromatic N) is 3. The molecule has 0 bridgehead atoms. The van der Waals surface area contributed by atoms with Crippen LogP contribution in [0.25, 0.3) is 10.2 Å². The Morgan fingerprint density at radius 3 is 3.05 bits per heavy atom. The van der Waals surface area contributed by atoms with Crippen LogP contribution in [0.3, 0.4) is 0 Å². The lowest BCUT2D eigenvalue weighted by Crippen LogP contribution is -2.13. The summed E-state index contributed by atoms with van der Waals surface area (Å²) in [6.07, 6.45) is 1.45. The quantitative estimate of drug-likeness (QED) is 0.746. The molecule has 19 heavy (non-hydrogen) atoms. The number of carbonyl (C=O) groups is 1. The van der Waals surface area contributed by atoms with Gasteiger partial charge in [-0.3, -0.25) is 9.48 Å². The Morgan fingerprint density at radius 2 is 2.32 bits per heavy atom. The largest absolute Gasteiger partial charge is 0.383 e. The van der Waals surface area contributed by atoms with E-state index in [2.05, 4.69) is 15.4 Å². The predicted molar refractivity (Wildman–Crippen MR) is 75.2 cm³/mol. The van der Waals surface area contributed by atoms with E-state index >= 15 is 0 Å². The minimum absolute atomic E-state index is 0.269. The zero-order chi connectivity index (χ0) is 13.4. The summed E-state index contributed by atoms with van der Waals surface area (Å²) in [6.45, 7) is 0. The van der Waals surface area contributed by atoms with Crippen LogP contribution < -0.4 is 11.1 Å². The highest BCUT2D eigenvalue weighted by Gasteiger charge is 2.14. The molecule has 0 spiro atoms. The fourth-order valence-electron chi connectivity index (χ4n) is 1.75. The molecule has 0 unspecified atom stereocenters. The molecule has 3 N–H and O–H groups in total. The minimum Gasteiger partial charge on any atom is -0.383 e. The number of amides is 1. The van der Waals surface area contributed by atoms with Crippen molar-refractivity contribution in [3.63, 3.8) is 0 Å². The summed E-state index contributed by atoms with van der Waals surface area (Å²) in [4.78, 5) is 16.3. The van der Waals surface area contributed by atoms with Crippen molar-refractivity contribution in [3.8, 4) is 0 Å². The summed E-state index contributed by atoms with van der Waals surface area (Å²) in [5.41, 5.74) is 9.54. The van der Waals surface area contributed by atoms with Crippen molar-refractivity contribution in [3.05, 3.63) is 35.5 Å². The summed E-state index contributed by atoms with van der Waals surface area (Å²) in [6, 6.07) is 5.57. The van der Waals surface area contributed by atoms with Gasteiger partial charge in [-0.05, 0) is 18.2 Å². The maximum Gasteiger partial charge on any atom is 0.261 e. The number of aromatic nitrogens is 3. The van der Waals surface area contributed by atoms with Crippen LogP contribution in [0.2, 0.25) is 0 Å².